The first-order valence-corrected chi connectivity index (χ1v) is 3.12. The van der Waals surface area contributed by atoms with E-state index in [2.05, 4.69) is 0 Å². The number of hydrogen-bond acceptors (Lipinski definition) is 1. The highest BCUT2D eigenvalue weighted by molar-refractivity contribution is 5.67. The van der Waals surface area contributed by atoms with Crippen LogP contribution in [0.15, 0.2) is 23.8 Å². The molecule has 0 heterocycles. The summed E-state index contributed by atoms with van der Waals surface area (Å²) in [5, 5.41) is 0. The van der Waals surface area contributed by atoms with Crippen molar-refractivity contribution in [1.82, 2.24) is 0 Å². The molecular weight excluding hydrogens is 112 g/mol. The van der Waals surface area contributed by atoms with Crippen molar-refractivity contribution in [3.8, 4) is 0 Å². The third kappa shape index (κ3) is 3.71. The van der Waals surface area contributed by atoms with Gasteiger partial charge in [0.25, 0.3) is 0 Å². The van der Waals surface area contributed by atoms with Crippen LogP contribution in [-0.4, -0.2) is 6.29 Å². The Morgan fingerprint density at radius 1 is 1.56 bits per heavy atom. The van der Waals surface area contributed by atoms with E-state index >= 15 is 0 Å². The number of allylic oxidation sites excluding steroid dienone is 4. The van der Waals surface area contributed by atoms with Gasteiger partial charge in [0, 0.05) is 0 Å². The quantitative estimate of drug-likeness (QED) is 0.320. The Labute approximate surface area is 56.1 Å². The highest BCUT2D eigenvalue weighted by atomic mass is 16.1. The van der Waals surface area contributed by atoms with Crippen LogP contribution in [0.1, 0.15) is 20.3 Å². The molecule has 1 heteroatoms. The van der Waals surface area contributed by atoms with Crippen molar-refractivity contribution in [2.24, 2.45) is 0 Å². The Morgan fingerprint density at radius 3 is 2.56 bits per heavy atom. The van der Waals surface area contributed by atoms with Crippen molar-refractivity contribution in [1.29, 1.82) is 0 Å². The predicted octanol–water partition coefficient (Wildman–Crippen LogP) is 2.10. The van der Waals surface area contributed by atoms with Crippen LogP contribution < -0.4 is 0 Å². The van der Waals surface area contributed by atoms with Gasteiger partial charge in [-0.25, -0.2) is 0 Å². The number of aldehydes is 1. The van der Waals surface area contributed by atoms with Gasteiger partial charge in [-0.1, -0.05) is 19.1 Å². The largest absolute Gasteiger partial charge is 0.299 e. The van der Waals surface area contributed by atoms with Crippen LogP contribution in [0, 0.1) is 0 Å². The van der Waals surface area contributed by atoms with Crippen molar-refractivity contribution < 1.29 is 4.79 Å². The Balaban J connectivity index is 3.96. The van der Waals surface area contributed by atoms with E-state index in [1.165, 1.54) is 0 Å². The Kier molecular flexibility index (Phi) is 4.79. The van der Waals surface area contributed by atoms with E-state index in [0.717, 1.165) is 18.3 Å². The molecule has 0 aromatic rings. The fourth-order valence-corrected chi connectivity index (χ4v) is 0.593. The molecular formula is C8H12O. The van der Waals surface area contributed by atoms with Crippen LogP contribution in [0.5, 0.6) is 0 Å². The second kappa shape index (κ2) is 5.29. The summed E-state index contributed by atoms with van der Waals surface area (Å²) in [6.07, 6.45) is 7.19. The molecule has 0 aliphatic rings. The molecule has 0 N–H and O–H groups in total. The first-order chi connectivity index (χ1) is 4.35. The molecule has 0 atom stereocenters. The van der Waals surface area contributed by atoms with Crippen molar-refractivity contribution in [3.63, 3.8) is 0 Å². The minimum Gasteiger partial charge on any atom is -0.299 e. The lowest BCUT2D eigenvalue weighted by Gasteiger charge is -1.89. The average Bonchev–Trinajstić information content (AvgIpc) is 1.88. The molecule has 0 aliphatic heterocycles. The lowest BCUT2D eigenvalue weighted by molar-refractivity contribution is -0.104. The molecule has 0 saturated heterocycles. The van der Waals surface area contributed by atoms with Gasteiger partial charge in [-0.15, -0.1) is 0 Å². The predicted molar refractivity (Wildman–Crippen MR) is 39.3 cm³/mol. The van der Waals surface area contributed by atoms with Crippen LogP contribution >= 0.6 is 0 Å². The summed E-state index contributed by atoms with van der Waals surface area (Å²) < 4.78 is 0. The van der Waals surface area contributed by atoms with E-state index in [9.17, 15) is 4.79 Å². The number of rotatable bonds is 3. The normalized spacial score (nSPS) is 12.4. The Bertz CT molecular complexity index is 132. The fourth-order valence-electron chi connectivity index (χ4n) is 0.593. The van der Waals surface area contributed by atoms with E-state index in [1.807, 2.05) is 26.0 Å². The molecule has 0 aromatic carbocycles. The van der Waals surface area contributed by atoms with Crippen molar-refractivity contribution in [2.75, 3.05) is 0 Å². The lowest BCUT2D eigenvalue weighted by atomic mass is 10.2. The van der Waals surface area contributed by atoms with Gasteiger partial charge >= 0.3 is 0 Å². The SMILES string of the molecule is CC=C/C(=C\C=O)CC. The Morgan fingerprint density at radius 2 is 2.22 bits per heavy atom. The maximum absolute atomic E-state index is 9.94. The van der Waals surface area contributed by atoms with Gasteiger partial charge in [-0.05, 0) is 25.0 Å². The zero-order valence-electron chi connectivity index (χ0n) is 5.92. The molecule has 9 heavy (non-hydrogen) atoms. The van der Waals surface area contributed by atoms with E-state index in [-0.39, 0.29) is 0 Å². The van der Waals surface area contributed by atoms with Gasteiger partial charge < -0.3 is 0 Å². The minimum atomic E-state index is 0.818. The topological polar surface area (TPSA) is 17.1 Å². The molecule has 0 aromatic heterocycles. The molecule has 0 rings (SSSR count). The zero-order chi connectivity index (χ0) is 7.11. The van der Waals surface area contributed by atoms with Gasteiger partial charge in [0.2, 0.25) is 0 Å². The second-order valence-corrected chi connectivity index (χ2v) is 1.73. The lowest BCUT2D eigenvalue weighted by Crippen LogP contribution is -1.73. The number of carbonyl (C=O) groups is 1. The molecule has 0 bridgehead atoms. The third-order valence-corrected chi connectivity index (χ3v) is 1.07. The molecule has 0 saturated carbocycles. The highest BCUT2D eigenvalue weighted by Crippen LogP contribution is 1.99. The fraction of sp³-hybridized carbons (Fsp3) is 0.375. The maximum Gasteiger partial charge on any atom is 0.143 e. The summed E-state index contributed by atoms with van der Waals surface area (Å²) >= 11 is 0. The summed E-state index contributed by atoms with van der Waals surface area (Å²) in [6.45, 7) is 3.96. The molecule has 0 aliphatic carbocycles. The highest BCUT2D eigenvalue weighted by Gasteiger charge is 1.82. The van der Waals surface area contributed by atoms with E-state index in [0.29, 0.717) is 0 Å². The van der Waals surface area contributed by atoms with Crippen molar-refractivity contribution in [3.05, 3.63) is 23.8 Å². The molecule has 50 valence electrons. The monoisotopic (exact) mass is 124 g/mol. The summed E-state index contributed by atoms with van der Waals surface area (Å²) in [7, 11) is 0. The minimum absolute atomic E-state index is 0.818. The van der Waals surface area contributed by atoms with E-state index < -0.39 is 0 Å². The molecule has 0 amide bonds. The maximum atomic E-state index is 9.94. The van der Waals surface area contributed by atoms with Crippen LogP contribution in [0.25, 0.3) is 0 Å². The zero-order valence-corrected chi connectivity index (χ0v) is 5.92. The van der Waals surface area contributed by atoms with Gasteiger partial charge in [-0.3, -0.25) is 4.79 Å². The van der Waals surface area contributed by atoms with Crippen molar-refractivity contribution in [2.45, 2.75) is 20.3 Å². The van der Waals surface area contributed by atoms with E-state index in [4.69, 9.17) is 0 Å². The van der Waals surface area contributed by atoms with E-state index in [1.54, 1.807) is 6.08 Å². The molecule has 0 unspecified atom stereocenters. The molecule has 1 nitrogen and oxygen atoms in total. The average molecular weight is 124 g/mol. The second-order valence-electron chi connectivity index (χ2n) is 1.73. The first-order valence-electron chi connectivity index (χ1n) is 3.12. The summed E-state index contributed by atoms with van der Waals surface area (Å²) in [6, 6.07) is 0. The van der Waals surface area contributed by atoms with Gasteiger partial charge in [0.05, 0.1) is 0 Å². The summed E-state index contributed by atoms with van der Waals surface area (Å²) in [5.74, 6) is 0. The van der Waals surface area contributed by atoms with Crippen LogP contribution in [-0.2, 0) is 4.79 Å². The van der Waals surface area contributed by atoms with Crippen LogP contribution in [0.4, 0.5) is 0 Å². The van der Waals surface area contributed by atoms with Crippen LogP contribution in [0.2, 0.25) is 0 Å². The van der Waals surface area contributed by atoms with Gasteiger partial charge in [0.15, 0.2) is 0 Å². The third-order valence-electron chi connectivity index (χ3n) is 1.07. The molecule has 0 spiro atoms. The first kappa shape index (κ1) is 8.15. The van der Waals surface area contributed by atoms with Gasteiger partial charge in [-0.2, -0.15) is 0 Å². The van der Waals surface area contributed by atoms with Gasteiger partial charge in [0.1, 0.15) is 6.29 Å². The summed E-state index contributed by atoms with van der Waals surface area (Å²) in [4.78, 5) is 9.94. The standard InChI is InChI=1S/C8H12O/c1-3-5-8(4-2)6-7-9/h3,5-7H,4H2,1-2H3/b5-3?,8-6-. The number of carbonyl (C=O) groups excluding carboxylic acids is 1. The Hall–Kier alpha value is -0.850. The molecule has 0 radical (unpaired) electrons. The molecule has 0 fully saturated rings. The summed E-state index contributed by atoms with van der Waals surface area (Å²) in [5.41, 5.74) is 1.08. The van der Waals surface area contributed by atoms with Crippen LogP contribution in [0.3, 0.4) is 0 Å². The number of hydrogen-bond donors (Lipinski definition) is 0. The smallest absolute Gasteiger partial charge is 0.143 e. The van der Waals surface area contributed by atoms with Crippen molar-refractivity contribution >= 4 is 6.29 Å².